The summed E-state index contributed by atoms with van der Waals surface area (Å²) in [6, 6.07) is 25.8. The summed E-state index contributed by atoms with van der Waals surface area (Å²) in [5, 5.41) is 0. The van der Waals surface area contributed by atoms with Crippen LogP contribution >= 0.6 is 15.9 Å². The van der Waals surface area contributed by atoms with Gasteiger partial charge in [-0.15, -0.1) is 0 Å². The van der Waals surface area contributed by atoms with Crippen molar-refractivity contribution in [3.8, 4) is 11.1 Å². The minimum absolute atomic E-state index is 0.406. The molecule has 0 nitrogen and oxygen atoms in total. The van der Waals surface area contributed by atoms with Gasteiger partial charge in [0, 0.05) is 4.47 Å². The maximum atomic E-state index is 4.50. The molecule has 4 rings (SSSR count). The van der Waals surface area contributed by atoms with E-state index in [9.17, 15) is 0 Å². The molecule has 3 aromatic rings. The Bertz CT molecular complexity index is 994. The average molecular weight is 429 g/mol. The molecule has 0 N–H and O–H groups in total. The molecule has 1 heteroatoms. The van der Waals surface area contributed by atoms with E-state index in [1.807, 2.05) is 19.9 Å². The van der Waals surface area contributed by atoms with Crippen LogP contribution in [0, 0.1) is 0 Å². The largest absolute Gasteiger partial charge is 0.0991 e. The zero-order valence-electron chi connectivity index (χ0n) is 16.5. The summed E-state index contributed by atoms with van der Waals surface area (Å²) >= 11 is 3.65. The van der Waals surface area contributed by atoms with Gasteiger partial charge in [0.1, 0.15) is 0 Å². The Morgan fingerprint density at radius 2 is 1.43 bits per heavy atom. The van der Waals surface area contributed by atoms with Crippen LogP contribution in [0.15, 0.2) is 114 Å². The van der Waals surface area contributed by atoms with E-state index < -0.39 is 5.41 Å². The molecule has 3 aromatic carbocycles. The third kappa shape index (κ3) is 3.10. The molecule has 0 amide bonds. The van der Waals surface area contributed by atoms with Gasteiger partial charge in [-0.1, -0.05) is 122 Å². The van der Waals surface area contributed by atoms with E-state index >= 15 is 0 Å². The third-order valence-corrected chi connectivity index (χ3v) is 5.62. The minimum atomic E-state index is -0.406. The summed E-state index contributed by atoms with van der Waals surface area (Å²) < 4.78 is 1.07. The van der Waals surface area contributed by atoms with Gasteiger partial charge >= 0.3 is 0 Å². The lowest BCUT2D eigenvalue weighted by Gasteiger charge is -2.34. The summed E-state index contributed by atoms with van der Waals surface area (Å²) in [6.45, 7) is 12.3. The topological polar surface area (TPSA) is 0 Å². The van der Waals surface area contributed by atoms with Crippen molar-refractivity contribution in [2.24, 2.45) is 0 Å². The second-order valence-electron chi connectivity index (χ2n) is 6.47. The van der Waals surface area contributed by atoms with Gasteiger partial charge in [0.05, 0.1) is 5.41 Å². The highest BCUT2D eigenvalue weighted by Gasteiger charge is 2.45. The Labute approximate surface area is 177 Å². The molecule has 0 saturated heterocycles. The molecule has 0 heterocycles. The number of halogens is 1. The Balaban J connectivity index is 0.00000109. The van der Waals surface area contributed by atoms with Crippen molar-refractivity contribution in [3.05, 3.63) is 131 Å². The molecular weight excluding hydrogens is 404 g/mol. The Kier molecular flexibility index (Phi) is 6.16. The maximum Gasteiger partial charge on any atom is 0.0708 e. The van der Waals surface area contributed by atoms with Gasteiger partial charge in [0.25, 0.3) is 0 Å². The number of hydrogen-bond donors (Lipinski definition) is 0. The first-order valence-electron chi connectivity index (χ1n) is 9.63. The van der Waals surface area contributed by atoms with Crippen LogP contribution in [0.1, 0.15) is 30.5 Å². The van der Waals surface area contributed by atoms with Gasteiger partial charge in [0.15, 0.2) is 0 Å². The summed E-state index contributed by atoms with van der Waals surface area (Å²) in [4.78, 5) is 0. The zero-order chi connectivity index (χ0) is 20.1. The third-order valence-electron chi connectivity index (χ3n) is 5.13. The van der Waals surface area contributed by atoms with E-state index in [2.05, 4.69) is 108 Å². The first-order chi connectivity index (χ1) is 13.7. The number of rotatable bonds is 4. The van der Waals surface area contributed by atoms with Crippen LogP contribution < -0.4 is 0 Å². The lowest BCUT2D eigenvalue weighted by Crippen LogP contribution is -2.28. The molecule has 0 aromatic heterocycles. The maximum absolute atomic E-state index is 4.50. The van der Waals surface area contributed by atoms with E-state index in [4.69, 9.17) is 0 Å². The summed E-state index contributed by atoms with van der Waals surface area (Å²) in [5.41, 5.74) is 6.94. The fourth-order valence-corrected chi connectivity index (χ4v) is 4.51. The Morgan fingerprint density at radius 1 is 0.857 bits per heavy atom. The smallest absolute Gasteiger partial charge is 0.0708 e. The van der Waals surface area contributed by atoms with Crippen molar-refractivity contribution in [3.63, 3.8) is 0 Å². The zero-order valence-corrected chi connectivity index (χ0v) is 18.0. The SMILES string of the molecule is C=C/C=C\C(=C)C1(c2cccc(Br)c2)c2ccccc2-c2ccccc21.CC. The fourth-order valence-electron chi connectivity index (χ4n) is 4.11. The van der Waals surface area contributed by atoms with Crippen LogP contribution in [0.3, 0.4) is 0 Å². The second kappa shape index (κ2) is 8.58. The molecule has 1 aliphatic rings. The van der Waals surface area contributed by atoms with Crippen LogP contribution in [-0.4, -0.2) is 0 Å². The predicted molar refractivity (Wildman–Crippen MR) is 126 cm³/mol. The number of hydrogen-bond acceptors (Lipinski definition) is 0. The van der Waals surface area contributed by atoms with Crippen molar-refractivity contribution in [1.29, 1.82) is 0 Å². The van der Waals surface area contributed by atoms with Gasteiger partial charge in [-0.05, 0) is 45.5 Å². The van der Waals surface area contributed by atoms with E-state index in [1.165, 1.54) is 27.8 Å². The van der Waals surface area contributed by atoms with Crippen LogP contribution in [0.4, 0.5) is 0 Å². The standard InChI is InChI=1S/C25H19Br.C2H6/c1-3-4-10-18(2)25(19-11-9-12-20(26)17-19)23-15-7-5-13-21(23)22-14-6-8-16-24(22)25;1-2/h3-17H,1-2H2;1-2H3/b10-4-;. The molecule has 0 saturated carbocycles. The molecule has 0 atom stereocenters. The van der Waals surface area contributed by atoms with Crippen molar-refractivity contribution in [2.75, 3.05) is 0 Å². The molecule has 0 radical (unpaired) electrons. The highest BCUT2D eigenvalue weighted by atomic mass is 79.9. The van der Waals surface area contributed by atoms with Gasteiger partial charge in [-0.2, -0.15) is 0 Å². The minimum Gasteiger partial charge on any atom is -0.0991 e. The molecular formula is C27H25Br. The predicted octanol–water partition coefficient (Wildman–Crippen LogP) is 8.09. The van der Waals surface area contributed by atoms with Gasteiger partial charge in [-0.25, -0.2) is 0 Å². The normalized spacial score (nSPS) is 13.2. The van der Waals surface area contributed by atoms with Crippen molar-refractivity contribution in [2.45, 2.75) is 19.3 Å². The molecule has 1 aliphatic carbocycles. The quantitative estimate of drug-likeness (QED) is 0.368. The number of allylic oxidation sites excluding steroid dienone is 4. The molecule has 28 heavy (non-hydrogen) atoms. The van der Waals surface area contributed by atoms with Crippen LogP contribution in [-0.2, 0) is 5.41 Å². The Hall–Kier alpha value is -2.64. The van der Waals surface area contributed by atoms with Gasteiger partial charge < -0.3 is 0 Å². The first-order valence-corrected chi connectivity index (χ1v) is 10.4. The monoisotopic (exact) mass is 428 g/mol. The van der Waals surface area contributed by atoms with Gasteiger partial charge in [0.2, 0.25) is 0 Å². The van der Waals surface area contributed by atoms with Crippen molar-refractivity contribution >= 4 is 15.9 Å². The molecule has 0 spiro atoms. The molecule has 0 unspecified atom stereocenters. The van der Waals surface area contributed by atoms with E-state index in [-0.39, 0.29) is 0 Å². The van der Waals surface area contributed by atoms with E-state index in [1.54, 1.807) is 6.08 Å². The first kappa shape index (κ1) is 20.1. The van der Waals surface area contributed by atoms with E-state index in [0.717, 1.165) is 10.0 Å². The summed E-state index contributed by atoms with van der Waals surface area (Å²) in [6.07, 6.45) is 5.84. The van der Waals surface area contributed by atoms with Crippen molar-refractivity contribution in [1.82, 2.24) is 0 Å². The highest BCUT2D eigenvalue weighted by Crippen LogP contribution is 2.56. The second-order valence-corrected chi connectivity index (χ2v) is 7.39. The number of fused-ring (bicyclic) bond motifs is 3. The summed E-state index contributed by atoms with van der Waals surface area (Å²) in [7, 11) is 0. The molecule has 0 aliphatic heterocycles. The summed E-state index contributed by atoms with van der Waals surface area (Å²) in [5.74, 6) is 0. The lowest BCUT2D eigenvalue weighted by molar-refractivity contribution is 0.769. The van der Waals surface area contributed by atoms with E-state index in [0.29, 0.717) is 0 Å². The Morgan fingerprint density at radius 3 is 1.96 bits per heavy atom. The van der Waals surface area contributed by atoms with Crippen molar-refractivity contribution < 1.29 is 0 Å². The van der Waals surface area contributed by atoms with Crippen LogP contribution in [0.5, 0.6) is 0 Å². The molecule has 140 valence electrons. The molecule has 0 bridgehead atoms. The fraction of sp³-hybridized carbons (Fsp3) is 0.111. The average Bonchev–Trinajstić information content (AvgIpc) is 3.05. The number of benzene rings is 3. The lowest BCUT2D eigenvalue weighted by atomic mass is 9.67. The molecule has 0 fully saturated rings. The van der Waals surface area contributed by atoms with Crippen LogP contribution in [0.25, 0.3) is 11.1 Å². The highest BCUT2D eigenvalue weighted by molar-refractivity contribution is 9.10. The van der Waals surface area contributed by atoms with Gasteiger partial charge in [-0.3, -0.25) is 0 Å². The van der Waals surface area contributed by atoms with Crippen LogP contribution in [0.2, 0.25) is 0 Å².